The highest BCUT2D eigenvalue weighted by molar-refractivity contribution is 6.14. The molecule has 0 fully saturated rings. The summed E-state index contributed by atoms with van der Waals surface area (Å²) in [6.07, 6.45) is 0. The minimum absolute atomic E-state index is 0.640. The lowest BCUT2D eigenvalue weighted by atomic mass is 9.91. The van der Waals surface area contributed by atoms with Crippen LogP contribution in [-0.2, 0) is 0 Å². The summed E-state index contributed by atoms with van der Waals surface area (Å²) in [4.78, 5) is 15.5. The molecule has 0 saturated carbocycles. The smallest absolute Gasteiger partial charge is 0.164 e. The summed E-state index contributed by atoms with van der Waals surface area (Å²) in [5, 5.41) is 9.73. The van der Waals surface area contributed by atoms with E-state index >= 15 is 0 Å². The van der Waals surface area contributed by atoms with Crippen molar-refractivity contribution in [2.45, 2.75) is 0 Å². The largest absolute Gasteiger partial charge is 0.208 e. The van der Waals surface area contributed by atoms with Gasteiger partial charge in [-0.25, -0.2) is 15.0 Å². The van der Waals surface area contributed by atoms with Crippen LogP contribution in [0.1, 0.15) is 0 Å². The van der Waals surface area contributed by atoms with Gasteiger partial charge in [0.05, 0.1) is 0 Å². The maximum Gasteiger partial charge on any atom is 0.164 e. The van der Waals surface area contributed by atoms with Gasteiger partial charge in [0.1, 0.15) is 0 Å². The summed E-state index contributed by atoms with van der Waals surface area (Å²) in [5.41, 5.74) is 9.86. The average Bonchev–Trinajstić information content (AvgIpc) is 3.31. The minimum atomic E-state index is 0.640. The summed E-state index contributed by atoms with van der Waals surface area (Å²) in [5.74, 6) is 1.92. The SMILES string of the molecule is c1ccc(-c2nc(-c3ccccc3-c3ccccc3)nc(-c3ccc(-c4ccc5cc(-c6cc7ccccc7c7ccccc67)ccc5c4)c4ccccc34)n2)cc1. The Labute approximate surface area is 336 Å². The van der Waals surface area contributed by atoms with Crippen LogP contribution in [0.3, 0.4) is 0 Å². The standard InChI is InChI=1S/C55H35N3/c1-3-15-36(16-4-1)43-20-9-14-26-50(43)54-56-53(37-17-5-2-6-18-37)57-55(58-54)51-32-31-45(47-23-10-12-24-48(47)51)41-29-27-39-34-42(30-28-38(39)33-41)52-35-40-19-7-8-21-44(40)46-22-11-13-25-49(46)52/h1-35H. The zero-order chi connectivity index (χ0) is 38.4. The molecule has 58 heavy (non-hydrogen) atoms. The van der Waals surface area contributed by atoms with E-state index in [0.29, 0.717) is 17.5 Å². The van der Waals surface area contributed by atoms with Crippen LogP contribution in [0.2, 0.25) is 0 Å². The van der Waals surface area contributed by atoms with E-state index in [1.54, 1.807) is 0 Å². The number of hydrogen-bond acceptors (Lipinski definition) is 3. The Balaban J connectivity index is 1.03. The van der Waals surface area contributed by atoms with E-state index in [1.807, 2.05) is 30.3 Å². The first-order valence-corrected chi connectivity index (χ1v) is 19.7. The van der Waals surface area contributed by atoms with E-state index in [4.69, 9.17) is 15.0 Å². The summed E-state index contributed by atoms with van der Waals surface area (Å²) in [6.45, 7) is 0. The molecule has 270 valence electrons. The fourth-order valence-corrected chi connectivity index (χ4v) is 8.50. The molecule has 0 aliphatic rings. The van der Waals surface area contributed by atoms with Gasteiger partial charge < -0.3 is 0 Å². The number of benzene rings is 10. The van der Waals surface area contributed by atoms with Gasteiger partial charge in [-0.3, -0.25) is 0 Å². The fraction of sp³-hybridized carbons (Fsp3) is 0. The van der Waals surface area contributed by atoms with Crippen molar-refractivity contribution in [2.24, 2.45) is 0 Å². The predicted octanol–water partition coefficient (Wildman–Crippen LogP) is 14.5. The Morgan fingerprint density at radius 1 is 0.207 bits per heavy atom. The highest BCUT2D eigenvalue weighted by Crippen LogP contribution is 2.40. The van der Waals surface area contributed by atoms with Crippen LogP contribution < -0.4 is 0 Å². The molecular formula is C55H35N3. The van der Waals surface area contributed by atoms with Gasteiger partial charge in [-0.05, 0) is 101 Å². The van der Waals surface area contributed by atoms with E-state index in [0.717, 1.165) is 49.7 Å². The van der Waals surface area contributed by atoms with Crippen molar-refractivity contribution >= 4 is 43.1 Å². The van der Waals surface area contributed by atoms with Gasteiger partial charge in [-0.15, -0.1) is 0 Å². The number of hydrogen-bond donors (Lipinski definition) is 0. The second-order valence-corrected chi connectivity index (χ2v) is 14.8. The molecule has 11 aromatic rings. The first-order chi connectivity index (χ1) is 28.7. The molecule has 3 heteroatoms. The summed E-state index contributed by atoms with van der Waals surface area (Å²) in [6, 6.07) is 75.4. The topological polar surface area (TPSA) is 38.7 Å². The number of fused-ring (bicyclic) bond motifs is 5. The third-order valence-electron chi connectivity index (χ3n) is 11.3. The van der Waals surface area contributed by atoms with E-state index in [9.17, 15) is 0 Å². The minimum Gasteiger partial charge on any atom is -0.208 e. The van der Waals surface area contributed by atoms with Crippen LogP contribution in [0.4, 0.5) is 0 Å². The predicted molar refractivity (Wildman–Crippen MR) is 242 cm³/mol. The van der Waals surface area contributed by atoms with Crippen LogP contribution in [-0.4, -0.2) is 15.0 Å². The summed E-state index contributed by atoms with van der Waals surface area (Å²) in [7, 11) is 0. The number of aromatic nitrogens is 3. The molecule has 0 saturated heterocycles. The van der Waals surface area contributed by atoms with E-state index in [1.165, 1.54) is 43.4 Å². The maximum absolute atomic E-state index is 5.23. The molecule has 10 aromatic carbocycles. The molecule has 0 radical (unpaired) electrons. The maximum atomic E-state index is 5.23. The van der Waals surface area contributed by atoms with Crippen LogP contribution in [0.25, 0.3) is 111 Å². The molecule has 0 bridgehead atoms. The Morgan fingerprint density at radius 2 is 0.672 bits per heavy atom. The zero-order valence-corrected chi connectivity index (χ0v) is 31.5. The zero-order valence-electron chi connectivity index (χ0n) is 31.5. The van der Waals surface area contributed by atoms with Gasteiger partial charge in [0, 0.05) is 16.7 Å². The van der Waals surface area contributed by atoms with E-state index < -0.39 is 0 Å². The molecule has 1 aromatic heterocycles. The van der Waals surface area contributed by atoms with Gasteiger partial charge in [0.2, 0.25) is 0 Å². The molecule has 3 nitrogen and oxygen atoms in total. The van der Waals surface area contributed by atoms with Gasteiger partial charge >= 0.3 is 0 Å². The van der Waals surface area contributed by atoms with Crippen molar-refractivity contribution in [3.05, 3.63) is 212 Å². The quantitative estimate of drug-likeness (QED) is 0.160. The van der Waals surface area contributed by atoms with Gasteiger partial charge in [-0.2, -0.15) is 0 Å². The molecular weight excluding hydrogens is 703 g/mol. The molecule has 0 aliphatic carbocycles. The molecule has 0 atom stereocenters. The van der Waals surface area contributed by atoms with Crippen molar-refractivity contribution < 1.29 is 0 Å². The van der Waals surface area contributed by atoms with Gasteiger partial charge in [0.25, 0.3) is 0 Å². The lowest BCUT2D eigenvalue weighted by Crippen LogP contribution is -2.01. The van der Waals surface area contributed by atoms with Crippen molar-refractivity contribution in [3.8, 4) is 67.5 Å². The second kappa shape index (κ2) is 14.1. The van der Waals surface area contributed by atoms with E-state index in [2.05, 4.69) is 182 Å². The molecule has 0 N–H and O–H groups in total. The highest BCUT2D eigenvalue weighted by Gasteiger charge is 2.18. The Morgan fingerprint density at radius 3 is 1.36 bits per heavy atom. The first-order valence-electron chi connectivity index (χ1n) is 19.7. The van der Waals surface area contributed by atoms with Crippen molar-refractivity contribution in [1.29, 1.82) is 0 Å². The highest BCUT2D eigenvalue weighted by atomic mass is 15.0. The van der Waals surface area contributed by atoms with Crippen LogP contribution in [0.15, 0.2) is 212 Å². The second-order valence-electron chi connectivity index (χ2n) is 14.8. The molecule has 11 rings (SSSR count). The summed E-state index contributed by atoms with van der Waals surface area (Å²) < 4.78 is 0. The van der Waals surface area contributed by atoms with Gasteiger partial charge in [0.15, 0.2) is 17.5 Å². The number of nitrogens with zero attached hydrogens (tertiary/aromatic N) is 3. The number of rotatable bonds is 6. The Hall–Kier alpha value is -7.75. The first kappa shape index (κ1) is 33.6. The Kier molecular flexibility index (Phi) is 8.15. The normalized spacial score (nSPS) is 11.4. The van der Waals surface area contributed by atoms with Crippen LogP contribution >= 0.6 is 0 Å². The third kappa shape index (κ3) is 5.89. The average molecular weight is 738 g/mol. The van der Waals surface area contributed by atoms with Crippen molar-refractivity contribution in [1.82, 2.24) is 15.0 Å². The fourth-order valence-electron chi connectivity index (χ4n) is 8.50. The monoisotopic (exact) mass is 737 g/mol. The van der Waals surface area contributed by atoms with E-state index in [-0.39, 0.29) is 0 Å². The summed E-state index contributed by atoms with van der Waals surface area (Å²) >= 11 is 0. The van der Waals surface area contributed by atoms with Gasteiger partial charge in [-0.1, -0.05) is 188 Å². The molecule has 1 heterocycles. The molecule has 0 unspecified atom stereocenters. The lowest BCUT2D eigenvalue weighted by molar-refractivity contribution is 1.08. The van der Waals surface area contributed by atoms with Crippen molar-refractivity contribution in [3.63, 3.8) is 0 Å². The third-order valence-corrected chi connectivity index (χ3v) is 11.3. The molecule has 0 aliphatic heterocycles. The lowest BCUT2D eigenvalue weighted by Gasteiger charge is -2.15. The van der Waals surface area contributed by atoms with Crippen molar-refractivity contribution in [2.75, 3.05) is 0 Å². The van der Waals surface area contributed by atoms with Crippen LogP contribution in [0, 0.1) is 0 Å². The van der Waals surface area contributed by atoms with Crippen LogP contribution in [0.5, 0.6) is 0 Å². The molecule has 0 spiro atoms. The Bertz CT molecular complexity index is 3340. The molecule has 0 amide bonds.